The number of nitrogens with one attached hydrogen (secondary N) is 1. The van der Waals surface area contributed by atoms with Gasteiger partial charge in [0.05, 0.1) is 0 Å². The van der Waals surface area contributed by atoms with E-state index in [0.717, 1.165) is 11.8 Å². The van der Waals surface area contributed by atoms with E-state index in [-0.39, 0.29) is 0 Å². The van der Waals surface area contributed by atoms with Gasteiger partial charge in [0.25, 0.3) is 0 Å². The van der Waals surface area contributed by atoms with E-state index in [1.165, 1.54) is 70.8 Å². The summed E-state index contributed by atoms with van der Waals surface area (Å²) in [6, 6.07) is 0. The van der Waals surface area contributed by atoms with Crippen LogP contribution in [0.2, 0.25) is 0 Å². The van der Waals surface area contributed by atoms with Gasteiger partial charge in [-0.3, -0.25) is 4.68 Å². The molecular formula is C19H40N4. The lowest BCUT2D eigenvalue weighted by Gasteiger charge is -2.19. The van der Waals surface area contributed by atoms with Gasteiger partial charge in [-0.2, -0.15) is 5.10 Å². The highest BCUT2D eigenvalue weighted by atomic mass is 15.3. The Morgan fingerprint density at radius 3 is 1.70 bits per heavy atom. The van der Waals surface area contributed by atoms with Gasteiger partial charge in [0.1, 0.15) is 12.7 Å². The summed E-state index contributed by atoms with van der Waals surface area (Å²) >= 11 is 0. The molecule has 0 saturated carbocycles. The second-order valence-electron chi connectivity index (χ2n) is 6.56. The quantitative estimate of drug-likeness (QED) is 0.599. The molecule has 1 N–H and O–H groups in total. The van der Waals surface area contributed by atoms with Crippen molar-refractivity contribution >= 4 is 0 Å². The van der Waals surface area contributed by atoms with E-state index in [1.54, 1.807) is 11.0 Å². The molecule has 23 heavy (non-hydrogen) atoms. The molecule has 0 saturated heterocycles. The molecule has 0 bridgehead atoms. The van der Waals surface area contributed by atoms with E-state index >= 15 is 0 Å². The molecule has 2 atom stereocenters. The second-order valence-corrected chi connectivity index (χ2v) is 6.56. The fourth-order valence-electron chi connectivity index (χ4n) is 2.65. The zero-order valence-corrected chi connectivity index (χ0v) is 16.2. The molecule has 0 aliphatic carbocycles. The molecule has 4 nitrogen and oxygen atoms in total. The zero-order chi connectivity index (χ0) is 17.3. The Kier molecular flexibility index (Phi) is 15.4. The number of nitrogens with zero attached hydrogens (tertiary/aromatic N) is 3. The van der Waals surface area contributed by atoms with Crippen molar-refractivity contribution < 1.29 is 0 Å². The van der Waals surface area contributed by atoms with Gasteiger partial charge in [0.2, 0.25) is 0 Å². The third-order valence-electron chi connectivity index (χ3n) is 4.49. The van der Waals surface area contributed by atoms with Gasteiger partial charge in [-0.1, -0.05) is 66.2 Å². The first kappa shape index (κ1) is 22.1. The van der Waals surface area contributed by atoms with Crippen molar-refractivity contribution in [2.24, 2.45) is 18.9 Å². The van der Waals surface area contributed by atoms with E-state index in [1.807, 2.05) is 7.05 Å². The Hall–Kier alpha value is -0.900. The van der Waals surface area contributed by atoms with Crippen molar-refractivity contribution in [3.8, 4) is 0 Å². The minimum absolute atomic E-state index is 0.902. The maximum absolute atomic E-state index is 3.72. The predicted molar refractivity (Wildman–Crippen MR) is 100 cm³/mol. The van der Waals surface area contributed by atoms with Crippen LogP contribution in [0, 0.1) is 11.8 Å². The fourth-order valence-corrected chi connectivity index (χ4v) is 2.65. The molecule has 0 amide bonds. The molecule has 1 rings (SSSR count). The Bertz CT molecular complexity index is 308. The molecule has 136 valence electrons. The Morgan fingerprint density at radius 1 is 0.913 bits per heavy atom. The van der Waals surface area contributed by atoms with Crippen LogP contribution < -0.4 is 5.32 Å². The molecule has 0 fully saturated rings. The first-order valence-corrected chi connectivity index (χ1v) is 9.67. The summed E-state index contributed by atoms with van der Waals surface area (Å²) < 4.78 is 1.64. The molecule has 1 aromatic rings. The number of hydrogen-bond donors (Lipinski definition) is 1. The minimum atomic E-state index is 0.902. The molecule has 0 aliphatic rings. The molecular weight excluding hydrogens is 284 g/mol. The van der Waals surface area contributed by atoms with E-state index in [9.17, 15) is 0 Å². The first-order valence-electron chi connectivity index (χ1n) is 9.67. The van der Waals surface area contributed by atoms with Crippen LogP contribution in [0.15, 0.2) is 12.7 Å². The molecule has 0 aromatic carbocycles. The van der Waals surface area contributed by atoms with Gasteiger partial charge < -0.3 is 5.32 Å². The average molecular weight is 325 g/mol. The van der Waals surface area contributed by atoms with Gasteiger partial charge in [-0.15, -0.1) is 0 Å². The molecule has 1 heterocycles. The number of aryl methyl sites for hydroxylation is 1. The van der Waals surface area contributed by atoms with Gasteiger partial charge in [-0.25, -0.2) is 4.98 Å². The number of aromatic nitrogens is 3. The lowest BCUT2D eigenvalue weighted by Crippen LogP contribution is -2.28. The monoisotopic (exact) mass is 324 g/mol. The molecule has 0 aliphatic heterocycles. The van der Waals surface area contributed by atoms with Gasteiger partial charge in [0.15, 0.2) is 0 Å². The summed E-state index contributed by atoms with van der Waals surface area (Å²) in [5, 5.41) is 7.43. The van der Waals surface area contributed by atoms with Crippen molar-refractivity contribution in [2.45, 2.75) is 79.1 Å². The van der Waals surface area contributed by atoms with Crippen molar-refractivity contribution in [1.29, 1.82) is 0 Å². The summed E-state index contributed by atoms with van der Waals surface area (Å²) in [5.74, 6) is 1.80. The SMILES string of the molecule is CCCCC(CC)CNCC(CC)CCCC.Cn1cncn1. The smallest absolute Gasteiger partial charge is 0.137 e. The highest BCUT2D eigenvalue weighted by Crippen LogP contribution is 2.13. The first-order chi connectivity index (χ1) is 11.2. The maximum atomic E-state index is 3.72. The van der Waals surface area contributed by atoms with Crippen LogP contribution in [0.25, 0.3) is 0 Å². The highest BCUT2D eigenvalue weighted by molar-refractivity contribution is 4.65. The molecule has 4 heteroatoms. The average Bonchev–Trinajstić information content (AvgIpc) is 3.05. The zero-order valence-electron chi connectivity index (χ0n) is 16.2. The Balaban J connectivity index is 0.000000664. The summed E-state index contributed by atoms with van der Waals surface area (Å²) in [6.45, 7) is 11.7. The van der Waals surface area contributed by atoms with Crippen LogP contribution in [0.4, 0.5) is 0 Å². The topological polar surface area (TPSA) is 42.7 Å². The molecule has 0 radical (unpaired) electrons. The Labute approximate surface area is 144 Å². The molecule has 2 unspecified atom stereocenters. The lowest BCUT2D eigenvalue weighted by molar-refractivity contribution is 0.372. The summed E-state index contributed by atoms with van der Waals surface area (Å²) in [4.78, 5) is 3.67. The van der Waals surface area contributed by atoms with Crippen LogP contribution >= 0.6 is 0 Å². The maximum Gasteiger partial charge on any atom is 0.137 e. The lowest BCUT2D eigenvalue weighted by atomic mass is 9.97. The minimum Gasteiger partial charge on any atom is -0.316 e. The largest absolute Gasteiger partial charge is 0.316 e. The third-order valence-corrected chi connectivity index (χ3v) is 4.49. The van der Waals surface area contributed by atoms with E-state index in [2.05, 4.69) is 43.1 Å². The van der Waals surface area contributed by atoms with Crippen molar-refractivity contribution in [3.63, 3.8) is 0 Å². The molecule has 0 spiro atoms. The van der Waals surface area contributed by atoms with Crippen LogP contribution in [0.1, 0.15) is 79.1 Å². The summed E-state index contributed by atoms with van der Waals surface area (Å²) in [7, 11) is 1.83. The predicted octanol–water partition coefficient (Wildman–Crippen LogP) is 4.82. The van der Waals surface area contributed by atoms with Crippen molar-refractivity contribution in [2.75, 3.05) is 13.1 Å². The number of unbranched alkanes of at least 4 members (excludes halogenated alkanes) is 2. The van der Waals surface area contributed by atoms with Crippen molar-refractivity contribution in [1.82, 2.24) is 20.1 Å². The van der Waals surface area contributed by atoms with E-state index < -0.39 is 0 Å². The highest BCUT2D eigenvalue weighted by Gasteiger charge is 2.08. The van der Waals surface area contributed by atoms with Crippen molar-refractivity contribution in [3.05, 3.63) is 12.7 Å². The summed E-state index contributed by atoms with van der Waals surface area (Å²) in [6.07, 6.45) is 14.1. The van der Waals surface area contributed by atoms with Gasteiger partial charge >= 0.3 is 0 Å². The number of hydrogen-bond acceptors (Lipinski definition) is 3. The van der Waals surface area contributed by atoms with Crippen LogP contribution in [0.3, 0.4) is 0 Å². The fraction of sp³-hybridized carbons (Fsp3) is 0.895. The van der Waals surface area contributed by atoms with Crippen LogP contribution in [-0.4, -0.2) is 27.9 Å². The van der Waals surface area contributed by atoms with Crippen LogP contribution in [-0.2, 0) is 7.05 Å². The van der Waals surface area contributed by atoms with E-state index in [0.29, 0.717) is 0 Å². The van der Waals surface area contributed by atoms with E-state index in [4.69, 9.17) is 0 Å². The normalized spacial score (nSPS) is 13.3. The Morgan fingerprint density at radius 2 is 1.43 bits per heavy atom. The van der Waals surface area contributed by atoms with Gasteiger partial charge in [-0.05, 0) is 37.8 Å². The van der Waals surface area contributed by atoms with Gasteiger partial charge in [0, 0.05) is 7.05 Å². The third kappa shape index (κ3) is 13.3. The standard InChI is InChI=1S/C16H35N.C3H5N3/c1-5-9-11-15(7-3)13-17-14-16(8-4)12-10-6-2;1-6-3-4-2-5-6/h15-17H,5-14H2,1-4H3;2-3H,1H3. The number of rotatable bonds is 12. The second kappa shape index (κ2) is 16.0. The summed E-state index contributed by atoms with van der Waals surface area (Å²) in [5.41, 5.74) is 0. The van der Waals surface area contributed by atoms with Crippen LogP contribution in [0.5, 0.6) is 0 Å². The molecule has 1 aromatic heterocycles.